The first kappa shape index (κ1) is 15.6. The molecule has 2 heterocycles. The van der Waals surface area contributed by atoms with Crippen LogP contribution in [0, 0.1) is 5.92 Å². The number of ether oxygens (including phenoxy) is 2. The number of benzene rings is 1. The number of rotatable bonds is 4. The predicted octanol–water partition coefficient (Wildman–Crippen LogP) is 2.06. The van der Waals surface area contributed by atoms with Crippen molar-refractivity contribution in [3.63, 3.8) is 0 Å². The maximum atomic E-state index is 6.05. The number of nitrogens with zero attached hydrogens (tertiary/aromatic N) is 2. The summed E-state index contributed by atoms with van der Waals surface area (Å²) < 4.78 is 11.3. The Morgan fingerprint density at radius 3 is 2.88 bits per heavy atom. The number of guanidine groups is 1. The maximum Gasteiger partial charge on any atom is 0.193 e. The Labute approximate surface area is 143 Å². The molecule has 2 fully saturated rings. The first-order valence-corrected chi connectivity index (χ1v) is 8.98. The molecule has 130 valence electrons. The van der Waals surface area contributed by atoms with Gasteiger partial charge in [0.15, 0.2) is 17.5 Å². The molecular formula is C18H26N4O2. The summed E-state index contributed by atoms with van der Waals surface area (Å²) in [4.78, 5) is 7.14. The Morgan fingerprint density at radius 2 is 2.04 bits per heavy atom. The van der Waals surface area contributed by atoms with E-state index in [4.69, 9.17) is 15.2 Å². The van der Waals surface area contributed by atoms with Gasteiger partial charge in [-0.3, -0.25) is 4.99 Å². The van der Waals surface area contributed by atoms with Gasteiger partial charge in [-0.2, -0.15) is 0 Å². The van der Waals surface area contributed by atoms with Gasteiger partial charge in [0.05, 0.1) is 13.2 Å². The van der Waals surface area contributed by atoms with Crippen LogP contribution in [0.3, 0.4) is 0 Å². The molecule has 6 heteroatoms. The zero-order chi connectivity index (χ0) is 16.4. The average Bonchev–Trinajstić information content (AvgIpc) is 3.36. The first-order valence-electron chi connectivity index (χ1n) is 8.98. The molecular weight excluding hydrogens is 304 g/mol. The minimum Gasteiger partial charge on any atom is -0.490 e. The zero-order valence-electron chi connectivity index (χ0n) is 14.0. The monoisotopic (exact) mass is 330 g/mol. The van der Waals surface area contributed by atoms with Crippen LogP contribution < -0.4 is 20.5 Å². The molecule has 3 N–H and O–H groups in total. The van der Waals surface area contributed by atoms with Crippen LogP contribution in [0.5, 0.6) is 11.5 Å². The summed E-state index contributed by atoms with van der Waals surface area (Å²) in [5, 5.41) is 3.16. The number of hydrogen-bond donors (Lipinski definition) is 2. The van der Waals surface area contributed by atoms with Gasteiger partial charge in [0.2, 0.25) is 0 Å². The van der Waals surface area contributed by atoms with Crippen LogP contribution >= 0.6 is 0 Å². The van der Waals surface area contributed by atoms with Crippen LogP contribution in [-0.4, -0.2) is 49.7 Å². The second-order valence-electron chi connectivity index (χ2n) is 6.94. The zero-order valence-corrected chi connectivity index (χ0v) is 14.0. The fraction of sp³-hybridized carbons (Fsp3) is 0.611. The van der Waals surface area contributed by atoms with Gasteiger partial charge in [0.1, 0.15) is 0 Å². The molecule has 2 aliphatic heterocycles. The van der Waals surface area contributed by atoms with Crippen LogP contribution in [-0.2, 0) is 0 Å². The lowest BCUT2D eigenvalue weighted by molar-refractivity contribution is 0.297. The van der Waals surface area contributed by atoms with Gasteiger partial charge in [0.25, 0.3) is 0 Å². The standard InChI is InChI=1S/C18H26N4O2/c19-18(20-11-13-6-7-22(12-13)15-3-4-15)21-14-2-5-16-17(10-14)24-9-1-8-23-16/h2,5,10,13,15H,1,3-4,6-9,11-12H2,(H3,19,20,21). The van der Waals surface area contributed by atoms with E-state index in [2.05, 4.69) is 15.2 Å². The molecule has 0 spiro atoms. The third kappa shape index (κ3) is 3.75. The molecule has 0 amide bonds. The minimum absolute atomic E-state index is 0.467. The lowest BCUT2D eigenvalue weighted by atomic mass is 10.1. The van der Waals surface area contributed by atoms with Crippen molar-refractivity contribution in [2.24, 2.45) is 16.6 Å². The molecule has 1 saturated heterocycles. The second kappa shape index (κ2) is 6.89. The smallest absolute Gasteiger partial charge is 0.193 e. The quantitative estimate of drug-likeness (QED) is 0.653. The first-order chi connectivity index (χ1) is 11.8. The predicted molar refractivity (Wildman–Crippen MR) is 94.9 cm³/mol. The normalized spacial score (nSPS) is 24.7. The molecule has 1 saturated carbocycles. The maximum absolute atomic E-state index is 6.05. The Kier molecular flexibility index (Phi) is 4.47. The molecule has 1 atom stereocenters. The molecule has 1 aliphatic carbocycles. The van der Waals surface area contributed by atoms with Crippen LogP contribution in [0.1, 0.15) is 25.7 Å². The Balaban J connectivity index is 1.32. The number of fused-ring (bicyclic) bond motifs is 1. The number of aliphatic imine (C=N–C) groups is 1. The van der Waals surface area contributed by atoms with Crippen LogP contribution in [0.2, 0.25) is 0 Å². The van der Waals surface area contributed by atoms with Gasteiger partial charge < -0.3 is 25.4 Å². The van der Waals surface area contributed by atoms with Gasteiger partial charge in [0, 0.05) is 37.3 Å². The van der Waals surface area contributed by atoms with Gasteiger partial charge in [-0.1, -0.05) is 0 Å². The molecule has 0 radical (unpaired) electrons. The minimum atomic E-state index is 0.467. The van der Waals surface area contributed by atoms with Crippen molar-refractivity contribution in [3.05, 3.63) is 18.2 Å². The summed E-state index contributed by atoms with van der Waals surface area (Å²) in [6.45, 7) is 4.57. The van der Waals surface area contributed by atoms with E-state index in [1.165, 1.54) is 32.4 Å². The van der Waals surface area contributed by atoms with Gasteiger partial charge >= 0.3 is 0 Å². The largest absolute Gasteiger partial charge is 0.490 e. The van der Waals surface area contributed by atoms with Gasteiger partial charge in [-0.25, -0.2) is 0 Å². The summed E-state index contributed by atoms with van der Waals surface area (Å²) >= 11 is 0. The Bertz CT molecular complexity index is 615. The van der Waals surface area contributed by atoms with Gasteiger partial charge in [-0.05, 0) is 43.9 Å². The van der Waals surface area contributed by atoms with Crippen molar-refractivity contribution < 1.29 is 9.47 Å². The van der Waals surface area contributed by atoms with E-state index in [0.717, 1.165) is 36.2 Å². The van der Waals surface area contributed by atoms with E-state index in [-0.39, 0.29) is 0 Å². The highest BCUT2D eigenvalue weighted by atomic mass is 16.5. The summed E-state index contributed by atoms with van der Waals surface area (Å²) in [6.07, 6.45) is 4.89. The Hall–Kier alpha value is -1.95. The van der Waals surface area contributed by atoms with Crippen LogP contribution in [0.25, 0.3) is 0 Å². The van der Waals surface area contributed by atoms with Crippen molar-refractivity contribution in [1.29, 1.82) is 0 Å². The van der Waals surface area contributed by atoms with E-state index < -0.39 is 0 Å². The third-order valence-electron chi connectivity index (χ3n) is 4.92. The number of nitrogens with two attached hydrogens (primary N) is 1. The van der Waals surface area contributed by atoms with Gasteiger partial charge in [-0.15, -0.1) is 0 Å². The lowest BCUT2D eigenvalue weighted by Crippen LogP contribution is -2.25. The molecule has 4 rings (SSSR count). The van der Waals surface area contributed by atoms with Crippen molar-refractivity contribution in [2.75, 3.05) is 38.2 Å². The molecule has 3 aliphatic rings. The molecule has 24 heavy (non-hydrogen) atoms. The molecule has 1 aromatic carbocycles. The molecule has 0 aromatic heterocycles. The SMILES string of the molecule is NC(=NCC1CCN(C2CC2)C1)Nc1ccc2c(c1)OCCCO2. The highest BCUT2D eigenvalue weighted by Gasteiger charge is 2.34. The summed E-state index contributed by atoms with van der Waals surface area (Å²) in [6, 6.07) is 6.64. The second-order valence-corrected chi connectivity index (χ2v) is 6.94. The molecule has 6 nitrogen and oxygen atoms in total. The van der Waals surface area contributed by atoms with E-state index in [1.807, 2.05) is 18.2 Å². The molecule has 1 aromatic rings. The van der Waals surface area contributed by atoms with Crippen molar-refractivity contribution >= 4 is 11.6 Å². The van der Waals surface area contributed by atoms with Crippen molar-refractivity contribution in [2.45, 2.75) is 31.7 Å². The number of hydrogen-bond acceptors (Lipinski definition) is 4. The lowest BCUT2D eigenvalue weighted by Gasteiger charge is -2.14. The van der Waals surface area contributed by atoms with Crippen molar-refractivity contribution in [1.82, 2.24) is 4.90 Å². The summed E-state index contributed by atoms with van der Waals surface area (Å²) in [7, 11) is 0. The Morgan fingerprint density at radius 1 is 1.21 bits per heavy atom. The molecule has 1 unspecified atom stereocenters. The highest BCUT2D eigenvalue weighted by molar-refractivity contribution is 5.92. The number of anilines is 1. The van der Waals surface area contributed by atoms with E-state index in [1.54, 1.807) is 0 Å². The fourth-order valence-electron chi connectivity index (χ4n) is 3.44. The number of nitrogens with one attached hydrogen (secondary N) is 1. The average molecular weight is 330 g/mol. The van der Waals surface area contributed by atoms with E-state index in [0.29, 0.717) is 25.1 Å². The van der Waals surface area contributed by atoms with E-state index in [9.17, 15) is 0 Å². The van der Waals surface area contributed by atoms with Crippen LogP contribution in [0.15, 0.2) is 23.2 Å². The summed E-state index contributed by atoms with van der Waals surface area (Å²) in [5.41, 5.74) is 6.93. The van der Waals surface area contributed by atoms with Crippen LogP contribution in [0.4, 0.5) is 5.69 Å². The van der Waals surface area contributed by atoms with E-state index >= 15 is 0 Å². The summed E-state index contributed by atoms with van der Waals surface area (Å²) in [5.74, 6) is 2.66. The topological polar surface area (TPSA) is 72.1 Å². The number of likely N-dealkylation sites (tertiary alicyclic amines) is 1. The third-order valence-corrected chi connectivity index (χ3v) is 4.92. The molecule has 0 bridgehead atoms. The van der Waals surface area contributed by atoms with Crippen molar-refractivity contribution in [3.8, 4) is 11.5 Å². The highest BCUT2D eigenvalue weighted by Crippen LogP contribution is 2.33. The fourth-order valence-corrected chi connectivity index (χ4v) is 3.44.